The van der Waals surface area contributed by atoms with E-state index in [0.29, 0.717) is 36.3 Å². The van der Waals surface area contributed by atoms with Crippen LogP contribution in [0.1, 0.15) is 45.2 Å². The second-order valence-electron chi connectivity index (χ2n) is 10.0. The Kier molecular flexibility index (Phi) is 8.37. The minimum absolute atomic E-state index is 0.0669. The zero-order valence-corrected chi connectivity index (χ0v) is 22.9. The van der Waals surface area contributed by atoms with Crippen molar-refractivity contribution in [3.8, 4) is 17.2 Å². The summed E-state index contributed by atoms with van der Waals surface area (Å²) < 4.78 is 31.8. The number of hydrogen-bond donors (Lipinski definition) is 2. The first-order valence-corrected chi connectivity index (χ1v) is 13.6. The number of rotatable bonds is 3. The molecule has 2 heterocycles. The monoisotopic (exact) mass is 561 g/mol. The highest BCUT2D eigenvalue weighted by Gasteiger charge is 2.35. The number of nitrogens with zero attached hydrogens (tertiary/aromatic N) is 1. The molecule has 0 radical (unpaired) electrons. The van der Waals surface area contributed by atoms with Gasteiger partial charge in [-0.15, -0.1) is 0 Å². The third kappa shape index (κ3) is 6.42. The summed E-state index contributed by atoms with van der Waals surface area (Å²) in [5, 5.41) is 5.72. The van der Waals surface area contributed by atoms with Crippen molar-refractivity contribution in [2.75, 3.05) is 26.8 Å². The molecule has 0 aromatic heterocycles. The SMILES string of the molecule is CCc1ccccc1C(=O)N1CC[C@H]2Oc3cc(F)cc(c3)CNC(=O)COc3cc(ccc3OC)C(=O)N[C@H]2C1. The molecule has 0 unspecified atom stereocenters. The van der Waals surface area contributed by atoms with Gasteiger partial charge in [0, 0.05) is 43.2 Å². The van der Waals surface area contributed by atoms with Crippen molar-refractivity contribution in [3.05, 3.63) is 88.7 Å². The molecule has 0 spiro atoms. The Hall–Kier alpha value is -4.60. The highest BCUT2D eigenvalue weighted by Crippen LogP contribution is 2.29. The fourth-order valence-electron chi connectivity index (χ4n) is 5.15. The molecule has 2 aliphatic rings. The minimum Gasteiger partial charge on any atom is -0.493 e. The number of nitrogens with one attached hydrogen (secondary N) is 2. The van der Waals surface area contributed by atoms with Gasteiger partial charge in [0.25, 0.3) is 17.7 Å². The van der Waals surface area contributed by atoms with E-state index in [4.69, 9.17) is 14.2 Å². The summed E-state index contributed by atoms with van der Waals surface area (Å²) in [5.74, 6) is -0.641. The lowest BCUT2D eigenvalue weighted by Gasteiger charge is -2.39. The van der Waals surface area contributed by atoms with Crippen molar-refractivity contribution in [1.82, 2.24) is 15.5 Å². The molecule has 3 amide bonds. The number of ether oxygens (including phenoxy) is 3. The van der Waals surface area contributed by atoms with Gasteiger partial charge < -0.3 is 29.7 Å². The van der Waals surface area contributed by atoms with Gasteiger partial charge in [-0.2, -0.15) is 0 Å². The highest BCUT2D eigenvalue weighted by molar-refractivity contribution is 5.97. The van der Waals surface area contributed by atoms with E-state index >= 15 is 0 Å². The summed E-state index contributed by atoms with van der Waals surface area (Å²) in [6.07, 6.45) is 0.576. The Morgan fingerprint density at radius 1 is 1.12 bits per heavy atom. The maximum atomic E-state index is 14.5. The van der Waals surface area contributed by atoms with Gasteiger partial charge in [-0.1, -0.05) is 25.1 Å². The van der Waals surface area contributed by atoms with Crippen LogP contribution in [0.4, 0.5) is 4.39 Å². The molecule has 3 aromatic rings. The van der Waals surface area contributed by atoms with Crippen LogP contribution in [0.15, 0.2) is 60.7 Å². The molecule has 41 heavy (non-hydrogen) atoms. The first-order chi connectivity index (χ1) is 19.8. The second kappa shape index (κ2) is 12.3. The maximum absolute atomic E-state index is 14.5. The second-order valence-corrected chi connectivity index (χ2v) is 10.0. The minimum atomic E-state index is -0.597. The lowest BCUT2D eigenvalue weighted by Crippen LogP contribution is -2.58. The first kappa shape index (κ1) is 27.9. The average molecular weight is 562 g/mol. The molecule has 10 heteroatoms. The van der Waals surface area contributed by atoms with E-state index in [0.717, 1.165) is 5.56 Å². The number of aryl methyl sites for hydroxylation is 1. The van der Waals surface area contributed by atoms with Crippen LogP contribution >= 0.6 is 0 Å². The summed E-state index contributed by atoms with van der Waals surface area (Å²) in [6, 6.07) is 15.8. The molecule has 4 bridgehead atoms. The standard InChI is InChI=1S/C31H32FN3O6/c1-3-20-6-4-5-7-24(20)31(38)35-11-10-26-25(17-35)34-30(37)21-8-9-27(39-2)28(14-21)40-18-29(36)33-16-19-12-22(32)15-23(13-19)41-26/h4-9,12-15,25-26H,3,10-11,16-18H2,1-2H3,(H,33,36)(H,34,37)/t25-,26+/m0/s1. The molecule has 1 fully saturated rings. The van der Waals surface area contributed by atoms with Crippen LogP contribution in [0.2, 0.25) is 0 Å². The summed E-state index contributed by atoms with van der Waals surface area (Å²) in [6.45, 7) is 2.33. The van der Waals surface area contributed by atoms with E-state index in [1.807, 2.05) is 31.2 Å². The number of hydrogen-bond acceptors (Lipinski definition) is 6. The van der Waals surface area contributed by atoms with Gasteiger partial charge in [-0.25, -0.2) is 4.39 Å². The van der Waals surface area contributed by atoms with Crippen LogP contribution in [-0.4, -0.2) is 61.6 Å². The zero-order chi connectivity index (χ0) is 28.9. The van der Waals surface area contributed by atoms with E-state index in [-0.39, 0.29) is 42.7 Å². The van der Waals surface area contributed by atoms with Crippen molar-refractivity contribution in [2.24, 2.45) is 0 Å². The smallest absolute Gasteiger partial charge is 0.258 e. The van der Waals surface area contributed by atoms with Gasteiger partial charge in [-0.3, -0.25) is 14.4 Å². The number of carbonyl (C=O) groups excluding carboxylic acids is 3. The summed E-state index contributed by atoms with van der Waals surface area (Å²) in [5.41, 5.74) is 2.36. The normalized spacial score (nSPS) is 19.1. The average Bonchev–Trinajstić information content (AvgIpc) is 2.98. The van der Waals surface area contributed by atoms with Gasteiger partial charge >= 0.3 is 0 Å². The number of piperidine rings is 1. The number of carbonyl (C=O) groups is 3. The highest BCUT2D eigenvalue weighted by atomic mass is 19.1. The maximum Gasteiger partial charge on any atom is 0.258 e. The fraction of sp³-hybridized carbons (Fsp3) is 0.323. The van der Waals surface area contributed by atoms with E-state index in [1.165, 1.54) is 25.3 Å². The lowest BCUT2D eigenvalue weighted by atomic mass is 9.98. The molecule has 9 nitrogen and oxygen atoms in total. The van der Waals surface area contributed by atoms with E-state index in [9.17, 15) is 18.8 Å². The van der Waals surface area contributed by atoms with Crippen LogP contribution in [-0.2, 0) is 17.8 Å². The quantitative estimate of drug-likeness (QED) is 0.507. The molecule has 2 N–H and O–H groups in total. The summed E-state index contributed by atoms with van der Waals surface area (Å²) in [7, 11) is 1.46. The molecule has 1 saturated heterocycles. The van der Waals surface area contributed by atoms with E-state index in [1.54, 1.807) is 23.1 Å². The number of benzene rings is 3. The summed E-state index contributed by atoms with van der Waals surface area (Å²) in [4.78, 5) is 41.1. The number of fused-ring (bicyclic) bond motifs is 5. The van der Waals surface area contributed by atoms with Crippen molar-refractivity contribution >= 4 is 17.7 Å². The van der Waals surface area contributed by atoms with Gasteiger partial charge in [-0.05, 0) is 53.9 Å². The molecular weight excluding hydrogens is 529 g/mol. The predicted octanol–water partition coefficient (Wildman–Crippen LogP) is 3.50. The Morgan fingerprint density at radius 2 is 1.95 bits per heavy atom. The van der Waals surface area contributed by atoms with Crippen molar-refractivity contribution in [2.45, 2.75) is 38.5 Å². The van der Waals surface area contributed by atoms with Crippen LogP contribution in [0, 0.1) is 5.82 Å². The Morgan fingerprint density at radius 3 is 2.76 bits per heavy atom. The first-order valence-electron chi connectivity index (χ1n) is 13.6. The number of amides is 3. The topological polar surface area (TPSA) is 106 Å². The van der Waals surface area contributed by atoms with Crippen LogP contribution < -0.4 is 24.8 Å². The molecule has 2 aliphatic heterocycles. The predicted molar refractivity (Wildman–Crippen MR) is 149 cm³/mol. The van der Waals surface area contributed by atoms with Gasteiger partial charge in [0.05, 0.1) is 13.2 Å². The molecule has 0 aliphatic carbocycles. The largest absolute Gasteiger partial charge is 0.493 e. The number of methoxy groups -OCH3 is 1. The van der Waals surface area contributed by atoms with Gasteiger partial charge in [0.15, 0.2) is 18.1 Å². The van der Waals surface area contributed by atoms with Crippen molar-refractivity contribution < 1.29 is 33.0 Å². The van der Waals surface area contributed by atoms with E-state index in [2.05, 4.69) is 10.6 Å². The van der Waals surface area contributed by atoms with Crippen molar-refractivity contribution in [3.63, 3.8) is 0 Å². The summed E-state index contributed by atoms with van der Waals surface area (Å²) >= 11 is 0. The van der Waals surface area contributed by atoms with Gasteiger partial charge in [0.1, 0.15) is 17.7 Å². The zero-order valence-electron chi connectivity index (χ0n) is 22.9. The van der Waals surface area contributed by atoms with Crippen LogP contribution in [0.3, 0.4) is 0 Å². The molecule has 3 aromatic carbocycles. The molecule has 5 rings (SSSR count). The molecular formula is C31H32FN3O6. The van der Waals surface area contributed by atoms with E-state index < -0.39 is 29.8 Å². The van der Waals surface area contributed by atoms with Gasteiger partial charge in [0.2, 0.25) is 0 Å². The molecule has 214 valence electrons. The third-order valence-electron chi connectivity index (χ3n) is 7.27. The Balaban J connectivity index is 1.48. The third-order valence-corrected chi connectivity index (χ3v) is 7.27. The van der Waals surface area contributed by atoms with Crippen molar-refractivity contribution in [1.29, 1.82) is 0 Å². The van der Waals surface area contributed by atoms with Crippen LogP contribution in [0.25, 0.3) is 0 Å². The fourth-order valence-corrected chi connectivity index (χ4v) is 5.15. The lowest BCUT2D eigenvalue weighted by molar-refractivity contribution is -0.123. The number of halogens is 1. The Labute approximate surface area is 237 Å². The molecule has 2 atom stereocenters. The number of likely N-dealkylation sites (tertiary alicyclic amines) is 1. The Bertz CT molecular complexity index is 1460. The van der Waals surface area contributed by atoms with Crippen LogP contribution in [0.5, 0.6) is 17.2 Å². The molecule has 0 saturated carbocycles.